The van der Waals surface area contributed by atoms with Crippen molar-refractivity contribution in [3.8, 4) is 16.3 Å². The van der Waals surface area contributed by atoms with Crippen LogP contribution in [-0.2, 0) is 5.41 Å². The summed E-state index contributed by atoms with van der Waals surface area (Å²) in [5.74, 6) is 0.283. The van der Waals surface area contributed by atoms with Crippen molar-refractivity contribution >= 4 is 32.2 Å². The van der Waals surface area contributed by atoms with Crippen molar-refractivity contribution in [2.24, 2.45) is 0 Å². The molecule has 0 fully saturated rings. The molecule has 10 heteroatoms. The molecule has 0 unspecified atom stereocenters. The number of ether oxygens (including phenoxy) is 1. The normalized spacial score (nSPS) is 12.5. The highest BCUT2D eigenvalue weighted by Crippen LogP contribution is 2.37. The first-order valence-electron chi connectivity index (χ1n) is 8.49. The lowest BCUT2D eigenvalue weighted by Crippen LogP contribution is -2.23. The van der Waals surface area contributed by atoms with E-state index in [2.05, 4.69) is 36.0 Å². The fourth-order valence-corrected chi connectivity index (χ4v) is 4.10. The van der Waals surface area contributed by atoms with Crippen LogP contribution in [0.3, 0.4) is 0 Å². The molecule has 0 N–H and O–H groups in total. The molecule has 0 amide bonds. The molecule has 0 bridgehead atoms. The maximum Gasteiger partial charge on any atom is 0.573 e. The standard InChI is InChI=1S/C19H14BrF3N4OS/c1-18(2,11-7-9-12(20)10-8-11)16-24-25-17-27(16)26-15(29-17)13-5-3-4-6-14(13)28-19(21,22)23/h3-10H,1-2H3. The second kappa shape index (κ2) is 7.10. The Bertz CT molecular complexity index is 1170. The summed E-state index contributed by atoms with van der Waals surface area (Å²) < 4.78 is 44.9. The average Bonchev–Trinajstić information content (AvgIpc) is 3.21. The van der Waals surface area contributed by atoms with E-state index in [1.54, 1.807) is 10.6 Å². The molecule has 0 aliphatic carbocycles. The van der Waals surface area contributed by atoms with E-state index in [4.69, 9.17) is 0 Å². The van der Waals surface area contributed by atoms with E-state index < -0.39 is 11.8 Å². The van der Waals surface area contributed by atoms with Crippen LogP contribution in [0.1, 0.15) is 25.2 Å². The number of para-hydroxylation sites is 1. The number of halogens is 4. The Morgan fingerprint density at radius 3 is 2.38 bits per heavy atom. The molecule has 0 saturated carbocycles. The van der Waals surface area contributed by atoms with Crippen molar-refractivity contribution in [3.05, 3.63) is 64.4 Å². The molecule has 4 rings (SSSR count). The lowest BCUT2D eigenvalue weighted by Gasteiger charge is -2.22. The Morgan fingerprint density at radius 1 is 1.00 bits per heavy atom. The van der Waals surface area contributed by atoms with E-state index in [1.807, 2.05) is 38.1 Å². The van der Waals surface area contributed by atoms with Crippen LogP contribution in [0.4, 0.5) is 13.2 Å². The number of fused-ring (bicyclic) bond motifs is 1. The fraction of sp³-hybridized carbons (Fsp3) is 0.211. The third kappa shape index (κ3) is 3.86. The van der Waals surface area contributed by atoms with Gasteiger partial charge in [0.25, 0.3) is 0 Å². The second-order valence-corrected chi connectivity index (χ2v) is 8.67. The van der Waals surface area contributed by atoms with Crippen molar-refractivity contribution in [3.63, 3.8) is 0 Å². The highest BCUT2D eigenvalue weighted by atomic mass is 79.9. The zero-order valence-electron chi connectivity index (χ0n) is 15.2. The molecular weight excluding hydrogens is 469 g/mol. The Morgan fingerprint density at radius 2 is 1.69 bits per heavy atom. The van der Waals surface area contributed by atoms with Gasteiger partial charge in [0.2, 0.25) is 4.96 Å². The smallest absolute Gasteiger partial charge is 0.405 e. The molecule has 5 nitrogen and oxygen atoms in total. The molecule has 0 saturated heterocycles. The number of hydrogen-bond acceptors (Lipinski definition) is 5. The third-order valence-electron chi connectivity index (χ3n) is 4.46. The van der Waals surface area contributed by atoms with Crippen molar-refractivity contribution in [2.75, 3.05) is 0 Å². The highest BCUT2D eigenvalue weighted by molar-refractivity contribution is 9.10. The summed E-state index contributed by atoms with van der Waals surface area (Å²) in [5, 5.41) is 13.3. The first kappa shape index (κ1) is 19.8. The Kier molecular flexibility index (Phi) is 4.86. The summed E-state index contributed by atoms with van der Waals surface area (Å²) in [6.07, 6.45) is -4.79. The van der Waals surface area contributed by atoms with Gasteiger partial charge < -0.3 is 4.74 Å². The zero-order valence-corrected chi connectivity index (χ0v) is 17.6. The van der Waals surface area contributed by atoms with E-state index in [-0.39, 0.29) is 11.3 Å². The molecule has 2 heterocycles. The number of aromatic nitrogens is 4. The molecule has 2 aromatic heterocycles. The van der Waals surface area contributed by atoms with Crippen LogP contribution in [-0.4, -0.2) is 26.2 Å². The predicted octanol–water partition coefficient (Wildman–Crippen LogP) is 5.84. The van der Waals surface area contributed by atoms with Crippen LogP contribution < -0.4 is 4.74 Å². The van der Waals surface area contributed by atoms with Gasteiger partial charge in [0, 0.05) is 4.47 Å². The number of benzene rings is 2. The molecule has 0 atom stereocenters. The predicted molar refractivity (Wildman–Crippen MR) is 107 cm³/mol. The van der Waals surface area contributed by atoms with Crippen molar-refractivity contribution in [1.82, 2.24) is 19.8 Å². The third-order valence-corrected chi connectivity index (χ3v) is 5.92. The van der Waals surface area contributed by atoms with Gasteiger partial charge in [-0.1, -0.05) is 51.5 Å². The van der Waals surface area contributed by atoms with Gasteiger partial charge in [-0.25, -0.2) is 0 Å². The molecule has 0 aliphatic rings. The zero-order chi connectivity index (χ0) is 20.8. The largest absolute Gasteiger partial charge is 0.573 e. The summed E-state index contributed by atoms with van der Waals surface area (Å²) >= 11 is 4.57. The van der Waals surface area contributed by atoms with Crippen LogP contribution >= 0.6 is 27.3 Å². The van der Waals surface area contributed by atoms with Gasteiger partial charge in [0.05, 0.1) is 11.0 Å². The highest BCUT2D eigenvalue weighted by Gasteiger charge is 2.33. The van der Waals surface area contributed by atoms with E-state index in [1.165, 1.54) is 18.2 Å². The summed E-state index contributed by atoms with van der Waals surface area (Å²) in [6, 6.07) is 13.7. The Labute approximate surface area is 176 Å². The van der Waals surface area contributed by atoms with Crippen LogP contribution in [0.2, 0.25) is 0 Å². The van der Waals surface area contributed by atoms with Gasteiger partial charge in [-0.2, -0.15) is 9.61 Å². The minimum Gasteiger partial charge on any atom is -0.405 e. The van der Waals surface area contributed by atoms with E-state index in [0.717, 1.165) is 21.4 Å². The first-order chi connectivity index (χ1) is 13.6. The quantitative estimate of drug-likeness (QED) is 0.366. The summed E-state index contributed by atoms with van der Waals surface area (Å²) in [5.41, 5.74) is 0.728. The number of hydrogen-bond donors (Lipinski definition) is 0. The van der Waals surface area contributed by atoms with Crippen molar-refractivity contribution in [1.29, 1.82) is 0 Å². The van der Waals surface area contributed by atoms with Crippen LogP contribution in [0.15, 0.2) is 53.0 Å². The molecule has 2 aromatic carbocycles. The van der Waals surface area contributed by atoms with Crippen LogP contribution in [0.5, 0.6) is 5.75 Å². The minimum absolute atomic E-state index is 0.243. The second-order valence-electron chi connectivity index (χ2n) is 6.80. The SMILES string of the molecule is CC(C)(c1ccc(Br)cc1)c1nnc2sc(-c3ccccc3OC(F)(F)F)nn12. The molecule has 0 aliphatic heterocycles. The van der Waals surface area contributed by atoms with E-state index in [0.29, 0.717) is 15.8 Å². The van der Waals surface area contributed by atoms with Gasteiger partial charge in [-0.15, -0.1) is 23.4 Å². The number of nitrogens with zero attached hydrogens (tertiary/aromatic N) is 4. The number of rotatable bonds is 4. The molecular formula is C19H14BrF3N4OS. The summed E-state index contributed by atoms with van der Waals surface area (Å²) in [7, 11) is 0. The topological polar surface area (TPSA) is 52.3 Å². The lowest BCUT2D eigenvalue weighted by atomic mass is 9.84. The van der Waals surface area contributed by atoms with Crippen molar-refractivity contribution in [2.45, 2.75) is 25.6 Å². The molecule has 29 heavy (non-hydrogen) atoms. The van der Waals surface area contributed by atoms with E-state index >= 15 is 0 Å². The number of alkyl halides is 3. The average molecular weight is 483 g/mol. The van der Waals surface area contributed by atoms with Gasteiger partial charge in [0.1, 0.15) is 5.75 Å². The van der Waals surface area contributed by atoms with Gasteiger partial charge in [0.15, 0.2) is 10.8 Å². The molecule has 4 aromatic rings. The maximum atomic E-state index is 12.7. The van der Waals surface area contributed by atoms with Crippen LogP contribution in [0.25, 0.3) is 15.5 Å². The Hall–Kier alpha value is -2.46. The fourth-order valence-electron chi connectivity index (χ4n) is 2.97. The van der Waals surface area contributed by atoms with Gasteiger partial charge >= 0.3 is 6.36 Å². The van der Waals surface area contributed by atoms with Crippen LogP contribution in [0, 0.1) is 0 Å². The summed E-state index contributed by atoms with van der Waals surface area (Å²) in [4.78, 5) is 0.488. The molecule has 0 spiro atoms. The molecule has 0 radical (unpaired) electrons. The minimum atomic E-state index is -4.79. The van der Waals surface area contributed by atoms with Gasteiger partial charge in [-0.05, 0) is 43.7 Å². The monoisotopic (exact) mass is 482 g/mol. The first-order valence-corrected chi connectivity index (χ1v) is 10.1. The summed E-state index contributed by atoms with van der Waals surface area (Å²) in [6.45, 7) is 3.98. The maximum absolute atomic E-state index is 12.7. The van der Waals surface area contributed by atoms with Gasteiger partial charge in [-0.3, -0.25) is 0 Å². The Balaban J connectivity index is 1.79. The molecule has 150 valence electrons. The van der Waals surface area contributed by atoms with Crippen molar-refractivity contribution < 1.29 is 17.9 Å². The lowest BCUT2D eigenvalue weighted by molar-refractivity contribution is -0.274. The van der Waals surface area contributed by atoms with E-state index in [9.17, 15) is 13.2 Å².